The Hall–Kier alpha value is -0.860. The van der Waals surface area contributed by atoms with E-state index >= 15 is 0 Å². The topological polar surface area (TPSA) is 15.3 Å². The summed E-state index contributed by atoms with van der Waals surface area (Å²) < 4.78 is 0. The molecular weight excluding hydrogens is 208 g/mol. The molecule has 17 heavy (non-hydrogen) atoms. The van der Waals surface area contributed by atoms with Gasteiger partial charge in [-0.15, -0.1) is 0 Å². The predicted octanol–water partition coefficient (Wildman–Crippen LogP) is 2.57. The molecule has 1 aromatic rings. The van der Waals surface area contributed by atoms with Crippen LogP contribution in [0.3, 0.4) is 0 Å². The van der Waals surface area contributed by atoms with Gasteiger partial charge in [0.25, 0.3) is 0 Å². The van der Waals surface area contributed by atoms with E-state index < -0.39 is 0 Å². The van der Waals surface area contributed by atoms with Crippen LogP contribution in [-0.4, -0.2) is 30.1 Å². The van der Waals surface area contributed by atoms with Gasteiger partial charge in [-0.3, -0.25) is 4.90 Å². The van der Waals surface area contributed by atoms with Crippen molar-refractivity contribution >= 4 is 0 Å². The van der Waals surface area contributed by atoms with Crippen molar-refractivity contribution in [3.63, 3.8) is 0 Å². The highest BCUT2D eigenvalue weighted by molar-refractivity contribution is 5.25. The third-order valence-corrected chi connectivity index (χ3v) is 3.50. The Morgan fingerprint density at radius 1 is 1.35 bits per heavy atom. The van der Waals surface area contributed by atoms with E-state index in [0.29, 0.717) is 12.1 Å². The Kier molecular flexibility index (Phi) is 4.19. The minimum Gasteiger partial charge on any atom is -0.310 e. The molecule has 1 fully saturated rings. The monoisotopic (exact) mass is 232 g/mol. The second kappa shape index (κ2) is 5.65. The summed E-state index contributed by atoms with van der Waals surface area (Å²) >= 11 is 0. The molecule has 1 unspecified atom stereocenters. The Morgan fingerprint density at radius 3 is 2.82 bits per heavy atom. The zero-order chi connectivity index (χ0) is 12.3. The summed E-state index contributed by atoms with van der Waals surface area (Å²) in [5.74, 6) is 0. The summed E-state index contributed by atoms with van der Waals surface area (Å²) in [6.45, 7) is 10.2. The third kappa shape index (κ3) is 3.55. The summed E-state index contributed by atoms with van der Waals surface area (Å²) in [6.07, 6.45) is 1.28. The number of hydrogen-bond donors (Lipinski definition) is 1. The van der Waals surface area contributed by atoms with Gasteiger partial charge in [0.1, 0.15) is 0 Å². The minimum atomic E-state index is 0.596. The van der Waals surface area contributed by atoms with E-state index in [1.807, 2.05) is 0 Å². The van der Waals surface area contributed by atoms with Crippen molar-refractivity contribution in [1.82, 2.24) is 10.2 Å². The number of hydrogen-bond acceptors (Lipinski definition) is 2. The molecule has 1 aliphatic rings. The van der Waals surface area contributed by atoms with E-state index in [2.05, 4.69) is 55.3 Å². The number of benzene rings is 1. The first-order valence-electron chi connectivity index (χ1n) is 6.68. The van der Waals surface area contributed by atoms with E-state index in [1.54, 1.807) is 0 Å². The maximum absolute atomic E-state index is 3.63. The summed E-state index contributed by atoms with van der Waals surface area (Å²) in [4.78, 5) is 2.56. The molecule has 0 aromatic heterocycles. The van der Waals surface area contributed by atoms with Crippen molar-refractivity contribution in [2.45, 2.75) is 45.8 Å². The third-order valence-electron chi connectivity index (χ3n) is 3.50. The summed E-state index contributed by atoms with van der Waals surface area (Å²) in [7, 11) is 0. The molecule has 1 saturated heterocycles. The normalized spacial score (nSPS) is 21.3. The molecule has 0 saturated carbocycles. The van der Waals surface area contributed by atoms with E-state index in [1.165, 1.54) is 30.6 Å². The fourth-order valence-electron chi connectivity index (χ4n) is 2.61. The van der Waals surface area contributed by atoms with Crippen molar-refractivity contribution in [2.24, 2.45) is 0 Å². The van der Waals surface area contributed by atoms with Gasteiger partial charge < -0.3 is 5.32 Å². The lowest BCUT2D eigenvalue weighted by molar-refractivity contribution is 0.316. The van der Waals surface area contributed by atoms with Gasteiger partial charge in [0.15, 0.2) is 0 Å². The van der Waals surface area contributed by atoms with Crippen molar-refractivity contribution in [3.05, 3.63) is 35.4 Å². The van der Waals surface area contributed by atoms with Crippen molar-refractivity contribution in [2.75, 3.05) is 13.1 Å². The number of likely N-dealkylation sites (tertiary alicyclic amines) is 1. The minimum absolute atomic E-state index is 0.596. The van der Waals surface area contributed by atoms with Gasteiger partial charge >= 0.3 is 0 Å². The first-order valence-corrected chi connectivity index (χ1v) is 6.68. The second-order valence-electron chi connectivity index (χ2n) is 5.47. The van der Waals surface area contributed by atoms with Gasteiger partial charge in [-0.25, -0.2) is 0 Å². The van der Waals surface area contributed by atoms with Gasteiger partial charge in [0.05, 0.1) is 0 Å². The highest BCUT2D eigenvalue weighted by atomic mass is 15.2. The fraction of sp³-hybridized carbons (Fsp3) is 0.600. The van der Waals surface area contributed by atoms with Crippen LogP contribution in [-0.2, 0) is 6.54 Å². The second-order valence-corrected chi connectivity index (χ2v) is 5.47. The van der Waals surface area contributed by atoms with Crippen LogP contribution in [0.15, 0.2) is 24.3 Å². The van der Waals surface area contributed by atoms with Gasteiger partial charge in [-0.05, 0) is 24.5 Å². The molecule has 0 bridgehead atoms. The van der Waals surface area contributed by atoms with Crippen LogP contribution in [0.25, 0.3) is 0 Å². The smallest absolute Gasteiger partial charge is 0.0237 e. The van der Waals surface area contributed by atoms with Crippen LogP contribution < -0.4 is 5.32 Å². The molecule has 1 N–H and O–H groups in total. The van der Waals surface area contributed by atoms with Gasteiger partial charge in [-0.2, -0.15) is 0 Å². The van der Waals surface area contributed by atoms with Gasteiger partial charge in [0.2, 0.25) is 0 Å². The Bertz CT molecular complexity index is 360. The molecule has 2 nitrogen and oxygen atoms in total. The number of nitrogens with zero attached hydrogens (tertiary/aromatic N) is 1. The van der Waals surface area contributed by atoms with E-state index in [-0.39, 0.29) is 0 Å². The molecule has 0 spiro atoms. The van der Waals surface area contributed by atoms with Crippen LogP contribution in [0, 0.1) is 6.92 Å². The zero-order valence-electron chi connectivity index (χ0n) is 11.2. The number of aryl methyl sites for hydroxylation is 1. The van der Waals surface area contributed by atoms with Crippen LogP contribution in [0.4, 0.5) is 0 Å². The van der Waals surface area contributed by atoms with Crippen LogP contribution in [0.5, 0.6) is 0 Å². The maximum atomic E-state index is 3.63. The van der Waals surface area contributed by atoms with Gasteiger partial charge in [-0.1, -0.05) is 38.1 Å². The summed E-state index contributed by atoms with van der Waals surface area (Å²) in [5, 5.41) is 3.63. The lowest BCUT2D eigenvalue weighted by Gasteiger charge is -2.19. The molecule has 2 heteroatoms. The molecule has 0 amide bonds. The van der Waals surface area contributed by atoms with Crippen LogP contribution in [0.2, 0.25) is 0 Å². The van der Waals surface area contributed by atoms with E-state index in [0.717, 1.165) is 6.54 Å². The van der Waals surface area contributed by atoms with Crippen molar-refractivity contribution < 1.29 is 0 Å². The lowest BCUT2D eigenvalue weighted by Crippen LogP contribution is -2.36. The first kappa shape index (κ1) is 12.6. The molecule has 94 valence electrons. The largest absolute Gasteiger partial charge is 0.310 e. The Morgan fingerprint density at radius 2 is 2.12 bits per heavy atom. The highest BCUT2D eigenvalue weighted by Crippen LogP contribution is 2.16. The van der Waals surface area contributed by atoms with E-state index in [4.69, 9.17) is 0 Å². The SMILES string of the molecule is Cc1ccccc1CN1CCC(NC(C)C)C1. The summed E-state index contributed by atoms with van der Waals surface area (Å²) in [5.41, 5.74) is 2.88. The van der Waals surface area contributed by atoms with Crippen LogP contribution >= 0.6 is 0 Å². The number of rotatable bonds is 4. The predicted molar refractivity (Wildman–Crippen MR) is 73.1 cm³/mol. The lowest BCUT2D eigenvalue weighted by atomic mass is 10.1. The summed E-state index contributed by atoms with van der Waals surface area (Å²) in [6, 6.07) is 9.99. The quantitative estimate of drug-likeness (QED) is 0.858. The molecule has 1 aromatic carbocycles. The molecule has 1 heterocycles. The maximum Gasteiger partial charge on any atom is 0.0237 e. The molecule has 0 aliphatic carbocycles. The zero-order valence-corrected chi connectivity index (χ0v) is 11.2. The van der Waals surface area contributed by atoms with Crippen LogP contribution in [0.1, 0.15) is 31.4 Å². The highest BCUT2D eigenvalue weighted by Gasteiger charge is 2.22. The van der Waals surface area contributed by atoms with Gasteiger partial charge in [0, 0.05) is 31.7 Å². The average molecular weight is 232 g/mol. The molecular formula is C15H24N2. The molecule has 0 radical (unpaired) electrons. The number of nitrogens with one attached hydrogen (secondary N) is 1. The molecule has 1 atom stereocenters. The average Bonchev–Trinajstić information content (AvgIpc) is 2.68. The molecule has 2 rings (SSSR count). The van der Waals surface area contributed by atoms with Crippen molar-refractivity contribution in [1.29, 1.82) is 0 Å². The first-order chi connectivity index (χ1) is 8.15. The fourth-order valence-corrected chi connectivity index (χ4v) is 2.61. The standard InChI is InChI=1S/C15H24N2/c1-12(2)16-15-8-9-17(11-15)10-14-7-5-4-6-13(14)3/h4-7,12,15-16H,8-11H2,1-3H3. The Balaban J connectivity index is 1.88. The Labute approximate surface area is 105 Å². The van der Waals surface area contributed by atoms with E-state index in [9.17, 15) is 0 Å². The van der Waals surface area contributed by atoms with Crippen molar-refractivity contribution in [3.8, 4) is 0 Å². The molecule has 1 aliphatic heterocycles.